The summed E-state index contributed by atoms with van der Waals surface area (Å²) < 4.78 is 14.0. The van der Waals surface area contributed by atoms with Crippen LogP contribution in [0.25, 0.3) is 11.1 Å². The molecule has 0 nitrogen and oxygen atoms in total. The van der Waals surface area contributed by atoms with Crippen LogP contribution >= 0.6 is 0 Å². The van der Waals surface area contributed by atoms with E-state index in [1.54, 1.807) is 6.07 Å². The summed E-state index contributed by atoms with van der Waals surface area (Å²) in [6, 6.07) is 14.0. The maximum Gasteiger partial charge on any atom is 0.131 e. The monoisotopic (exact) mass is 282 g/mol. The van der Waals surface area contributed by atoms with Crippen molar-refractivity contribution in [1.82, 2.24) is 0 Å². The average Bonchev–Trinajstić information content (AvgIpc) is 2.48. The number of rotatable bonds is 2. The van der Waals surface area contributed by atoms with E-state index in [0.29, 0.717) is 11.5 Å². The predicted molar refractivity (Wildman–Crippen MR) is 86.9 cm³/mol. The normalized spacial score (nSPS) is 22.2. The second-order valence-electron chi connectivity index (χ2n) is 6.56. The van der Waals surface area contributed by atoms with E-state index < -0.39 is 0 Å². The number of aryl methyl sites for hydroxylation is 1. The highest BCUT2D eigenvalue weighted by Crippen LogP contribution is 2.36. The summed E-state index contributed by atoms with van der Waals surface area (Å²) in [5.41, 5.74) is 4.05. The van der Waals surface area contributed by atoms with Gasteiger partial charge >= 0.3 is 0 Å². The van der Waals surface area contributed by atoms with Gasteiger partial charge in [-0.2, -0.15) is 0 Å². The quantitative estimate of drug-likeness (QED) is 0.624. The Balaban J connectivity index is 1.80. The third-order valence-electron chi connectivity index (χ3n) is 4.83. The summed E-state index contributed by atoms with van der Waals surface area (Å²) in [6.07, 6.45) is 5.25. The average molecular weight is 282 g/mol. The third kappa shape index (κ3) is 3.18. The minimum atomic E-state index is -0.130. The molecule has 0 atom stereocenters. The summed E-state index contributed by atoms with van der Waals surface area (Å²) in [5.74, 6) is 1.44. The Kier molecular flexibility index (Phi) is 4.10. The van der Waals surface area contributed by atoms with Crippen LogP contribution in [0.5, 0.6) is 0 Å². The Morgan fingerprint density at radius 2 is 1.57 bits per heavy atom. The molecule has 3 rings (SSSR count). The lowest BCUT2D eigenvalue weighted by molar-refractivity contribution is 0.348. The van der Waals surface area contributed by atoms with Crippen LogP contribution in [0.3, 0.4) is 0 Å². The molecule has 0 spiro atoms. The van der Waals surface area contributed by atoms with E-state index in [4.69, 9.17) is 0 Å². The zero-order valence-electron chi connectivity index (χ0n) is 12.9. The predicted octanol–water partition coefficient (Wildman–Crippen LogP) is 6.09. The van der Waals surface area contributed by atoms with Gasteiger partial charge in [0.15, 0.2) is 0 Å². The molecule has 2 aromatic carbocycles. The van der Waals surface area contributed by atoms with Crippen LogP contribution in [0.1, 0.15) is 49.7 Å². The molecule has 1 fully saturated rings. The molecule has 0 aromatic heterocycles. The molecule has 21 heavy (non-hydrogen) atoms. The Bertz CT molecular complexity index is 604. The van der Waals surface area contributed by atoms with Gasteiger partial charge in [-0.15, -0.1) is 0 Å². The summed E-state index contributed by atoms with van der Waals surface area (Å²) in [6.45, 7) is 4.26. The summed E-state index contributed by atoms with van der Waals surface area (Å²) in [4.78, 5) is 0. The Morgan fingerprint density at radius 3 is 2.19 bits per heavy atom. The van der Waals surface area contributed by atoms with Crippen molar-refractivity contribution in [3.05, 3.63) is 59.4 Å². The van der Waals surface area contributed by atoms with E-state index in [0.717, 1.165) is 17.0 Å². The van der Waals surface area contributed by atoms with Crippen LogP contribution in [0.15, 0.2) is 42.5 Å². The second kappa shape index (κ2) is 6.01. The van der Waals surface area contributed by atoms with Gasteiger partial charge in [-0.25, -0.2) is 4.39 Å². The van der Waals surface area contributed by atoms with Crippen molar-refractivity contribution in [3.8, 4) is 11.1 Å². The van der Waals surface area contributed by atoms with E-state index in [1.165, 1.54) is 31.2 Å². The first-order valence-electron chi connectivity index (χ1n) is 8.00. The fourth-order valence-corrected chi connectivity index (χ4v) is 3.38. The first kappa shape index (κ1) is 14.3. The highest BCUT2D eigenvalue weighted by atomic mass is 19.1. The van der Waals surface area contributed by atoms with Gasteiger partial charge in [-0.3, -0.25) is 0 Å². The molecule has 110 valence electrons. The topological polar surface area (TPSA) is 0 Å². The van der Waals surface area contributed by atoms with Crippen molar-refractivity contribution in [2.75, 3.05) is 0 Å². The fraction of sp³-hybridized carbons (Fsp3) is 0.400. The summed E-state index contributed by atoms with van der Waals surface area (Å²) in [7, 11) is 0. The molecule has 0 N–H and O–H groups in total. The molecule has 0 heterocycles. The van der Waals surface area contributed by atoms with Crippen molar-refractivity contribution < 1.29 is 4.39 Å². The number of hydrogen-bond acceptors (Lipinski definition) is 0. The third-order valence-corrected chi connectivity index (χ3v) is 4.83. The van der Waals surface area contributed by atoms with Gasteiger partial charge in [-0.05, 0) is 54.4 Å². The molecule has 1 aliphatic carbocycles. The van der Waals surface area contributed by atoms with Crippen LogP contribution in [0, 0.1) is 18.7 Å². The summed E-state index contributed by atoms with van der Waals surface area (Å²) in [5, 5.41) is 0. The molecular weight excluding hydrogens is 259 g/mol. The Labute approximate surface area is 127 Å². The minimum Gasteiger partial charge on any atom is -0.206 e. The molecule has 0 unspecified atom stereocenters. The van der Waals surface area contributed by atoms with Crippen LogP contribution < -0.4 is 0 Å². The molecule has 0 amide bonds. The zero-order valence-corrected chi connectivity index (χ0v) is 12.9. The van der Waals surface area contributed by atoms with Gasteiger partial charge in [0.25, 0.3) is 0 Å². The first-order valence-corrected chi connectivity index (χ1v) is 8.00. The summed E-state index contributed by atoms with van der Waals surface area (Å²) >= 11 is 0. The molecular formula is C20H23F. The van der Waals surface area contributed by atoms with Crippen LogP contribution in [0.2, 0.25) is 0 Å². The molecule has 1 saturated carbocycles. The molecule has 0 bridgehead atoms. The maximum absolute atomic E-state index is 14.0. The molecule has 1 aliphatic rings. The molecule has 0 radical (unpaired) electrons. The van der Waals surface area contributed by atoms with Crippen molar-refractivity contribution in [3.63, 3.8) is 0 Å². The van der Waals surface area contributed by atoms with Gasteiger partial charge in [0.2, 0.25) is 0 Å². The lowest BCUT2D eigenvalue weighted by Gasteiger charge is -2.26. The van der Waals surface area contributed by atoms with Gasteiger partial charge in [-0.1, -0.05) is 56.2 Å². The largest absolute Gasteiger partial charge is 0.206 e. The first-order chi connectivity index (χ1) is 10.1. The fourth-order valence-electron chi connectivity index (χ4n) is 3.38. The smallest absolute Gasteiger partial charge is 0.131 e. The molecule has 2 aromatic rings. The molecule has 0 saturated heterocycles. The number of halogens is 1. The second-order valence-corrected chi connectivity index (χ2v) is 6.56. The lowest BCUT2D eigenvalue weighted by Crippen LogP contribution is -2.10. The van der Waals surface area contributed by atoms with E-state index in [9.17, 15) is 4.39 Å². The van der Waals surface area contributed by atoms with Crippen molar-refractivity contribution in [1.29, 1.82) is 0 Å². The van der Waals surface area contributed by atoms with Gasteiger partial charge in [0, 0.05) is 5.56 Å². The van der Waals surface area contributed by atoms with Crippen molar-refractivity contribution in [2.24, 2.45) is 5.92 Å². The number of benzene rings is 2. The standard InChI is InChI=1S/C20H23F/c1-14-3-6-16(7-4-14)17-8-10-18(11-9-17)19-12-5-15(2)13-20(19)21/h5,8-14,16H,3-4,6-7H2,1-2H3. The molecule has 0 aliphatic heterocycles. The SMILES string of the molecule is Cc1ccc(-c2ccc(C3CCC(C)CC3)cc2)c(F)c1. The number of hydrogen-bond donors (Lipinski definition) is 0. The maximum atomic E-state index is 14.0. The van der Waals surface area contributed by atoms with Crippen LogP contribution in [0.4, 0.5) is 4.39 Å². The zero-order chi connectivity index (χ0) is 14.8. The van der Waals surface area contributed by atoms with E-state index in [-0.39, 0.29) is 5.82 Å². The lowest BCUT2D eigenvalue weighted by atomic mass is 9.79. The minimum absolute atomic E-state index is 0.130. The van der Waals surface area contributed by atoms with Gasteiger partial charge < -0.3 is 0 Å². The van der Waals surface area contributed by atoms with E-state index in [1.807, 2.05) is 19.1 Å². The van der Waals surface area contributed by atoms with Crippen molar-refractivity contribution >= 4 is 0 Å². The Hall–Kier alpha value is -1.63. The van der Waals surface area contributed by atoms with Crippen LogP contribution in [-0.2, 0) is 0 Å². The molecule has 1 heteroatoms. The van der Waals surface area contributed by atoms with Gasteiger partial charge in [0.05, 0.1) is 0 Å². The highest BCUT2D eigenvalue weighted by Gasteiger charge is 2.19. The highest BCUT2D eigenvalue weighted by molar-refractivity contribution is 5.64. The Morgan fingerprint density at radius 1 is 0.905 bits per heavy atom. The van der Waals surface area contributed by atoms with Crippen molar-refractivity contribution in [2.45, 2.75) is 45.4 Å². The van der Waals surface area contributed by atoms with E-state index >= 15 is 0 Å². The van der Waals surface area contributed by atoms with Crippen LogP contribution in [-0.4, -0.2) is 0 Å². The van der Waals surface area contributed by atoms with Gasteiger partial charge in [0.1, 0.15) is 5.82 Å². The van der Waals surface area contributed by atoms with E-state index in [2.05, 4.69) is 31.2 Å².